The molecule has 0 heterocycles. The molecule has 0 amide bonds. The molecular formula is C9H11NO4S. The molecule has 0 aromatic heterocycles. The third-order valence-corrected chi connectivity index (χ3v) is 2.38. The van der Waals surface area contributed by atoms with Gasteiger partial charge in [-0.25, -0.2) is 13.2 Å². The van der Waals surface area contributed by atoms with E-state index in [2.05, 4.69) is 4.72 Å². The van der Waals surface area contributed by atoms with Gasteiger partial charge in [0.1, 0.15) is 0 Å². The van der Waals surface area contributed by atoms with Crippen LogP contribution in [0.1, 0.15) is 15.9 Å². The SMILES string of the molecule is Cc1ccc(NS(C)(=O)=O)cc1C(=O)O. The quantitative estimate of drug-likeness (QED) is 0.811. The summed E-state index contributed by atoms with van der Waals surface area (Å²) in [5.41, 5.74) is 0.922. The molecule has 0 spiro atoms. The molecule has 0 aliphatic rings. The standard InChI is InChI=1S/C9H11NO4S/c1-6-3-4-7(10-15(2,13)14)5-8(6)9(11)12/h3-5,10H,1-2H3,(H,11,12). The van der Waals surface area contributed by atoms with Crippen LogP contribution in [0.25, 0.3) is 0 Å². The number of carbonyl (C=O) groups is 1. The topological polar surface area (TPSA) is 83.5 Å². The minimum absolute atomic E-state index is 0.0867. The van der Waals surface area contributed by atoms with Gasteiger partial charge < -0.3 is 5.11 Å². The number of anilines is 1. The van der Waals surface area contributed by atoms with Crippen molar-refractivity contribution in [2.75, 3.05) is 11.0 Å². The Labute approximate surface area is 87.8 Å². The van der Waals surface area contributed by atoms with Crippen molar-refractivity contribution >= 4 is 21.7 Å². The molecule has 0 atom stereocenters. The van der Waals surface area contributed by atoms with Crippen LogP contribution >= 0.6 is 0 Å². The summed E-state index contributed by atoms with van der Waals surface area (Å²) < 4.78 is 24.0. The molecular weight excluding hydrogens is 218 g/mol. The summed E-state index contributed by atoms with van der Waals surface area (Å²) >= 11 is 0. The van der Waals surface area contributed by atoms with Gasteiger partial charge in [-0.1, -0.05) is 6.07 Å². The fourth-order valence-corrected chi connectivity index (χ4v) is 1.69. The predicted octanol–water partition coefficient (Wildman–Crippen LogP) is 1.06. The summed E-state index contributed by atoms with van der Waals surface area (Å²) in [6.07, 6.45) is 1.01. The van der Waals surface area contributed by atoms with E-state index < -0.39 is 16.0 Å². The third-order valence-electron chi connectivity index (χ3n) is 1.77. The van der Waals surface area contributed by atoms with Crippen molar-refractivity contribution in [3.05, 3.63) is 29.3 Å². The van der Waals surface area contributed by atoms with Crippen LogP contribution < -0.4 is 4.72 Å². The smallest absolute Gasteiger partial charge is 0.336 e. The highest BCUT2D eigenvalue weighted by Crippen LogP contribution is 2.16. The molecule has 0 aliphatic heterocycles. The van der Waals surface area contributed by atoms with Gasteiger partial charge in [0.25, 0.3) is 0 Å². The minimum atomic E-state index is -3.38. The number of aryl methyl sites for hydroxylation is 1. The Morgan fingerprint density at radius 1 is 1.40 bits per heavy atom. The van der Waals surface area contributed by atoms with Gasteiger partial charge in [0.15, 0.2) is 0 Å². The van der Waals surface area contributed by atoms with Crippen LogP contribution in [-0.4, -0.2) is 25.7 Å². The number of carboxylic acids is 1. The van der Waals surface area contributed by atoms with Crippen molar-refractivity contribution in [3.8, 4) is 0 Å². The zero-order valence-electron chi connectivity index (χ0n) is 8.31. The van der Waals surface area contributed by atoms with Crippen LogP contribution in [0.4, 0.5) is 5.69 Å². The predicted molar refractivity (Wildman–Crippen MR) is 56.6 cm³/mol. The maximum atomic E-state index is 10.9. The summed E-state index contributed by atoms with van der Waals surface area (Å²) in [7, 11) is -3.38. The molecule has 0 bridgehead atoms. The number of sulfonamides is 1. The van der Waals surface area contributed by atoms with E-state index in [0.717, 1.165) is 6.26 Å². The zero-order chi connectivity index (χ0) is 11.6. The summed E-state index contributed by atoms with van der Waals surface area (Å²) in [5, 5.41) is 8.81. The summed E-state index contributed by atoms with van der Waals surface area (Å²) in [6.45, 7) is 1.65. The van der Waals surface area contributed by atoms with E-state index in [1.165, 1.54) is 12.1 Å². The molecule has 1 rings (SSSR count). The molecule has 0 radical (unpaired) electrons. The number of carboxylic acid groups (broad SMARTS) is 1. The van der Waals surface area contributed by atoms with Crippen molar-refractivity contribution in [1.29, 1.82) is 0 Å². The highest BCUT2D eigenvalue weighted by atomic mass is 32.2. The van der Waals surface area contributed by atoms with E-state index in [0.29, 0.717) is 5.56 Å². The molecule has 15 heavy (non-hydrogen) atoms. The lowest BCUT2D eigenvalue weighted by Gasteiger charge is -2.06. The summed E-state index contributed by atoms with van der Waals surface area (Å²) in [4.78, 5) is 10.8. The van der Waals surface area contributed by atoms with Gasteiger partial charge >= 0.3 is 5.97 Å². The van der Waals surface area contributed by atoms with Crippen LogP contribution in [-0.2, 0) is 10.0 Å². The lowest BCUT2D eigenvalue weighted by atomic mass is 10.1. The van der Waals surface area contributed by atoms with Gasteiger partial charge in [-0.2, -0.15) is 0 Å². The van der Waals surface area contributed by atoms with E-state index in [1.807, 2.05) is 0 Å². The second-order valence-corrected chi connectivity index (χ2v) is 4.96. The number of benzene rings is 1. The summed E-state index contributed by atoms with van der Waals surface area (Å²) in [5.74, 6) is -1.08. The Balaban J connectivity index is 3.14. The molecule has 0 unspecified atom stereocenters. The van der Waals surface area contributed by atoms with Crippen molar-refractivity contribution in [1.82, 2.24) is 0 Å². The number of hydrogen-bond acceptors (Lipinski definition) is 3. The van der Waals surface area contributed by atoms with Gasteiger partial charge in [0.2, 0.25) is 10.0 Å². The molecule has 5 nitrogen and oxygen atoms in total. The maximum Gasteiger partial charge on any atom is 0.336 e. The first-order chi connectivity index (χ1) is 6.79. The number of aromatic carboxylic acids is 1. The van der Waals surface area contributed by atoms with Gasteiger partial charge in [0, 0.05) is 5.69 Å². The average Bonchev–Trinajstić information content (AvgIpc) is 2.05. The monoisotopic (exact) mass is 229 g/mol. The first kappa shape index (κ1) is 11.5. The molecule has 82 valence electrons. The fourth-order valence-electron chi connectivity index (χ4n) is 1.13. The molecule has 2 N–H and O–H groups in total. The first-order valence-electron chi connectivity index (χ1n) is 4.11. The molecule has 0 saturated heterocycles. The Morgan fingerprint density at radius 2 is 2.00 bits per heavy atom. The lowest BCUT2D eigenvalue weighted by molar-refractivity contribution is 0.0696. The Morgan fingerprint density at radius 3 is 2.47 bits per heavy atom. The van der Waals surface area contributed by atoms with Crippen LogP contribution in [0.5, 0.6) is 0 Å². The molecule has 1 aromatic carbocycles. The van der Waals surface area contributed by atoms with Crippen LogP contribution in [0, 0.1) is 6.92 Å². The molecule has 0 aliphatic carbocycles. The van der Waals surface area contributed by atoms with Crippen LogP contribution in [0.3, 0.4) is 0 Å². The van der Waals surface area contributed by atoms with Crippen LogP contribution in [0.2, 0.25) is 0 Å². The molecule has 0 saturated carbocycles. The maximum absolute atomic E-state index is 10.9. The van der Waals surface area contributed by atoms with Gasteiger partial charge in [-0.05, 0) is 24.6 Å². The number of hydrogen-bond donors (Lipinski definition) is 2. The number of nitrogens with one attached hydrogen (secondary N) is 1. The number of rotatable bonds is 3. The fraction of sp³-hybridized carbons (Fsp3) is 0.222. The van der Waals surface area contributed by atoms with Gasteiger partial charge in [-0.3, -0.25) is 4.72 Å². The highest BCUT2D eigenvalue weighted by molar-refractivity contribution is 7.92. The van der Waals surface area contributed by atoms with Gasteiger partial charge in [0.05, 0.1) is 11.8 Å². The van der Waals surface area contributed by atoms with E-state index in [9.17, 15) is 13.2 Å². The molecule has 0 fully saturated rings. The van der Waals surface area contributed by atoms with Crippen molar-refractivity contribution in [3.63, 3.8) is 0 Å². The van der Waals surface area contributed by atoms with E-state index >= 15 is 0 Å². The minimum Gasteiger partial charge on any atom is -0.478 e. The lowest BCUT2D eigenvalue weighted by Crippen LogP contribution is -2.10. The second kappa shape index (κ2) is 3.90. The summed E-state index contributed by atoms with van der Waals surface area (Å²) in [6, 6.07) is 4.36. The van der Waals surface area contributed by atoms with E-state index in [4.69, 9.17) is 5.11 Å². The Hall–Kier alpha value is -1.56. The van der Waals surface area contributed by atoms with Crippen molar-refractivity contribution < 1.29 is 18.3 Å². The van der Waals surface area contributed by atoms with E-state index in [-0.39, 0.29) is 11.3 Å². The highest BCUT2D eigenvalue weighted by Gasteiger charge is 2.09. The Kier molecular flexibility index (Phi) is 2.99. The normalized spacial score (nSPS) is 11.1. The average molecular weight is 229 g/mol. The Bertz CT molecular complexity index is 493. The molecule has 1 aromatic rings. The van der Waals surface area contributed by atoms with Crippen LogP contribution in [0.15, 0.2) is 18.2 Å². The van der Waals surface area contributed by atoms with Crippen molar-refractivity contribution in [2.45, 2.75) is 6.92 Å². The first-order valence-corrected chi connectivity index (χ1v) is 6.00. The second-order valence-electron chi connectivity index (χ2n) is 3.21. The van der Waals surface area contributed by atoms with Crippen molar-refractivity contribution in [2.24, 2.45) is 0 Å². The third kappa shape index (κ3) is 3.25. The zero-order valence-corrected chi connectivity index (χ0v) is 9.13. The van der Waals surface area contributed by atoms with E-state index in [1.54, 1.807) is 13.0 Å². The molecule has 6 heteroatoms. The largest absolute Gasteiger partial charge is 0.478 e. The van der Waals surface area contributed by atoms with Gasteiger partial charge in [-0.15, -0.1) is 0 Å².